The van der Waals surface area contributed by atoms with Gasteiger partial charge in [0.05, 0.1) is 5.56 Å². The molecule has 8 heteroatoms. The molecule has 2 amide bonds. The molecule has 0 radical (unpaired) electrons. The van der Waals surface area contributed by atoms with Gasteiger partial charge in [0.2, 0.25) is 0 Å². The lowest BCUT2D eigenvalue weighted by atomic mass is 9.83. The average Bonchev–Trinajstić information content (AvgIpc) is 3.03. The zero-order valence-electron chi connectivity index (χ0n) is 23.2. The number of amides is 2. The lowest BCUT2D eigenvalue weighted by Crippen LogP contribution is -2.44. The van der Waals surface area contributed by atoms with E-state index in [2.05, 4.69) is 5.32 Å². The minimum absolute atomic E-state index is 0.0327. The Bertz CT molecular complexity index is 1640. The molecule has 0 aromatic heterocycles. The van der Waals surface area contributed by atoms with Gasteiger partial charge in [0.25, 0.3) is 11.8 Å². The Kier molecular flexibility index (Phi) is 8.26. The van der Waals surface area contributed by atoms with Crippen molar-refractivity contribution in [2.45, 2.75) is 25.4 Å². The van der Waals surface area contributed by atoms with Crippen molar-refractivity contribution in [2.75, 3.05) is 13.6 Å². The summed E-state index contributed by atoms with van der Waals surface area (Å²) in [6, 6.07) is 25.5. The monoisotopic (exact) mass is 561 g/mol. The van der Waals surface area contributed by atoms with E-state index in [4.69, 9.17) is 5.73 Å². The van der Waals surface area contributed by atoms with Crippen molar-refractivity contribution >= 4 is 23.6 Å². The van der Waals surface area contributed by atoms with Crippen LogP contribution >= 0.6 is 0 Å². The van der Waals surface area contributed by atoms with Crippen LogP contribution in [-0.4, -0.2) is 47.2 Å². The maximum Gasteiger partial charge on any atom is 0.335 e. The number of carboxylic acid groups (broad SMARTS) is 1. The van der Waals surface area contributed by atoms with Gasteiger partial charge in [0.15, 0.2) is 5.78 Å². The number of rotatable bonds is 8. The summed E-state index contributed by atoms with van der Waals surface area (Å²) in [5.74, 6) is -1.63. The number of nitrogens with one attached hydrogen (secondary N) is 1. The van der Waals surface area contributed by atoms with Gasteiger partial charge in [0.1, 0.15) is 6.04 Å². The maximum atomic E-state index is 14.0. The summed E-state index contributed by atoms with van der Waals surface area (Å²) < 4.78 is 0. The number of fused-ring (bicyclic) bond motifs is 1. The van der Waals surface area contributed by atoms with Crippen molar-refractivity contribution in [1.82, 2.24) is 10.2 Å². The molecule has 4 N–H and O–H groups in total. The molecule has 4 aromatic rings. The fourth-order valence-electron chi connectivity index (χ4n) is 5.46. The molecule has 212 valence electrons. The number of nitrogens with zero attached hydrogens (tertiary/aromatic N) is 1. The van der Waals surface area contributed by atoms with Crippen LogP contribution in [0.1, 0.15) is 59.4 Å². The smallest absolute Gasteiger partial charge is 0.335 e. The summed E-state index contributed by atoms with van der Waals surface area (Å²) >= 11 is 0. The van der Waals surface area contributed by atoms with E-state index in [9.17, 15) is 24.3 Å². The Morgan fingerprint density at radius 3 is 2.07 bits per heavy atom. The highest BCUT2D eigenvalue weighted by molar-refractivity contribution is 6.00. The lowest BCUT2D eigenvalue weighted by Gasteiger charge is -2.37. The molecule has 1 atom stereocenters. The minimum Gasteiger partial charge on any atom is -0.478 e. The molecular weight excluding hydrogens is 530 g/mol. The van der Waals surface area contributed by atoms with E-state index in [-0.39, 0.29) is 29.6 Å². The van der Waals surface area contributed by atoms with E-state index in [0.29, 0.717) is 36.2 Å². The third kappa shape index (κ3) is 5.70. The maximum absolute atomic E-state index is 14.0. The second kappa shape index (κ2) is 12.2. The van der Waals surface area contributed by atoms with Crippen molar-refractivity contribution in [1.29, 1.82) is 0 Å². The molecule has 0 spiro atoms. The number of carbonyl (C=O) groups excluding carboxylic acids is 3. The number of aromatic carboxylic acids is 1. The summed E-state index contributed by atoms with van der Waals surface area (Å²) in [4.78, 5) is 52.8. The van der Waals surface area contributed by atoms with E-state index in [1.807, 2.05) is 42.5 Å². The molecule has 8 nitrogen and oxygen atoms in total. The van der Waals surface area contributed by atoms with Gasteiger partial charge in [0, 0.05) is 37.7 Å². The molecule has 42 heavy (non-hydrogen) atoms. The quantitative estimate of drug-likeness (QED) is 0.292. The first kappa shape index (κ1) is 28.4. The average molecular weight is 562 g/mol. The Labute approximate surface area is 243 Å². The first-order chi connectivity index (χ1) is 20.3. The van der Waals surface area contributed by atoms with Gasteiger partial charge in [-0.1, -0.05) is 54.6 Å². The topological polar surface area (TPSA) is 130 Å². The number of hydrogen-bond donors (Lipinski definition) is 3. The second-order valence-corrected chi connectivity index (χ2v) is 10.2. The number of benzene rings is 4. The van der Waals surface area contributed by atoms with Gasteiger partial charge >= 0.3 is 5.97 Å². The predicted octanol–water partition coefficient (Wildman–Crippen LogP) is 4.42. The second-order valence-electron chi connectivity index (χ2n) is 10.2. The number of ketones is 1. The Hall–Kier alpha value is -5.08. The van der Waals surface area contributed by atoms with E-state index < -0.39 is 12.0 Å². The van der Waals surface area contributed by atoms with E-state index >= 15 is 0 Å². The zero-order valence-corrected chi connectivity index (χ0v) is 23.2. The van der Waals surface area contributed by atoms with Crippen molar-refractivity contribution in [3.05, 3.63) is 130 Å². The fraction of sp³-hybridized carbons (Fsp3) is 0.176. The Balaban J connectivity index is 1.54. The number of Topliss-reactive ketones (excluding diaryl/α,β-unsaturated/α-hetero) is 1. The summed E-state index contributed by atoms with van der Waals surface area (Å²) in [5, 5.41) is 11.9. The molecule has 1 aliphatic heterocycles. The van der Waals surface area contributed by atoms with Gasteiger partial charge in [-0.25, -0.2) is 4.79 Å². The molecule has 0 saturated heterocycles. The molecule has 0 fully saturated rings. The third-order valence-electron chi connectivity index (χ3n) is 7.69. The van der Waals surface area contributed by atoms with Crippen LogP contribution in [0.15, 0.2) is 91.0 Å². The van der Waals surface area contributed by atoms with Crippen LogP contribution in [0.5, 0.6) is 0 Å². The Morgan fingerprint density at radius 1 is 0.833 bits per heavy atom. The van der Waals surface area contributed by atoms with Crippen LogP contribution in [0.4, 0.5) is 0 Å². The predicted molar refractivity (Wildman–Crippen MR) is 159 cm³/mol. The fourth-order valence-corrected chi connectivity index (χ4v) is 5.46. The van der Waals surface area contributed by atoms with Crippen molar-refractivity contribution in [2.24, 2.45) is 5.73 Å². The molecule has 0 bridgehead atoms. The standard InChI is InChI=1S/C34H31N3O5/c1-36-32(39)24-15-13-23(14-16-24)27-3-2-4-29-28(27)17-18-37(33(40)25-9-7-22(20-35)8-10-25)31(29)30(38)19-21-5-11-26(12-6-21)34(41)42/h2-16,31H,17-20,35H2,1H3,(H,36,39)(H,41,42). The molecule has 0 aliphatic carbocycles. The molecule has 1 aliphatic rings. The molecule has 1 unspecified atom stereocenters. The summed E-state index contributed by atoms with van der Waals surface area (Å²) in [7, 11) is 1.58. The van der Waals surface area contributed by atoms with E-state index in [1.54, 1.807) is 48.3 Å². The molecule has 4 aromatic carbocycles. The summed E-state index contributed by atoms with van der Waals surface area (Å²) in [5.41, 5.74) is 12.0. The highest BCUT2D eigenvalue weighted by Gasteiger charge is 2.37. The zero-order chi connectivity index (χ0) is 29.8. The van der Waals surface area contributed by atoms with Gasteiger partial charge in [-0.05, 0) is 76.2 Å². The van der Waals surface area contributed by atoms with Crippen LogP contribution in [0.25, 0.3) is 11.1 Å². The lowest BCUT2D eigenvalue weighted by molar-refractivity contribution is -0.123. The van der Waals surface area contributed by atoms with Gasteiger partial charge < -0.3 is 21.1 Å². The SMILES string of the molecule is CNC(=O)c1ccc(-c2cccc3c2CCN(C(=O)c2ccc(CN)cc2)C3C(=O)Cc2ccc(C(=O)O)cc2)cc1. The number of nitrogens with two attached hydrogens (primary N) is 1. The molecular formula is C34H31N3O5. The van der Waals surface area contributed by atoms with E-state index in [0.717, 1.165) is 27.8 Å². The van der Waals surface area contributed by atoms with E-state index in [1.165, 1.54) is 12.1 Å². The van der Waals surface area contributed by atoms with Crippen molar-refractivity contribution in [3.8, 4) is 11.1 Å². The van der Waals surface area contributed by atoms with Gasteiger partial charge in [-0.3, -0.25) is 14.4 Å². The minimum atomic E-state index is -1.04. The van der Waals surface area contributed by atoms with Crippen LogP contribution in [0.3, 0.4) is 0 Å². The number of carbonyl (C=O) groups is 4. The van der Waals surface area contributed by atoms with Gasteiger partial charge in [-0.2, -0.15) is 0 Å². The Morgan fingerprint density at radius 2 is 1.45 bits per heavy atom. The van der Waals surface area contributed by atoms with Crippen LogP contribution < -0.4 is 11.1 Å². The summed E-state index contributed by atoms with van der Waals surface area (Å²) in [6.07, 6.45) is 0.581. The summed E-state index contributed by atoms with van der Waals surface area (Å²) in [6.45, 7) is 0.701. The van der Waals surface area contributed by atoms with Crippen molar-refractivity contribution < 1.29 is 24.3 Å². The van der Waals surface area contributed by atoms with Crippen LogP contribution in [0, 0.1) is 0 Å². The normalized spacial score (nSPS) is 14.1. The number of hydrogen-bond acceptors (Lipinski definition) is 5. The first-order valence-corrected chi connectivity index (χ1v) is 13.7. The molecule has 0 saturated carbocycles. The molecule has 1 heterocycles. The van der Waals surface area contributed by atoms with Crippen LogP contribution in [-0.2, 0) is 24.2 Å². The largest absolute Gasteiger partial charge is 0.478 e. The third-order valence-corrected chi connectivity index (χ3v) is 7.69. The van der Waals surface area contributed by atoms with Crippen molar-refractivity contribution in [3.63, 3.8) is 0 Å². The van der Waals surface area contributed by atoms with Crippen LogP contribution in [0.2, 0.25) is 0 Å². The highest BCUT2D eigenvalue weighted by Crippen LogP contribution is 2.38. The molecule has 5 rings (SSSR count). The highest BCUT2D eigenvalue weighted by atomic mass is 16.4. The number of carboxylic acids is 1. The first-order valence-electron chi connectivity index (χ1n) is 13.7. The van der Waals surface area contributed by atoms with Gasteiger partial charge in [-0.15, -0.1) is 0 Å².